The van der Waals surface area contributed by atoms with Crippen molar-refractivity contribution in [3.63, 3.8) is 0 Å². The first kappa shape index (κ1) is 10.4. The van der Waals surface area contributed by atoms with Gasteiger partial charge in [-0.1, -0.05) is 13.3 Å². The third kappa shape index (κ3) is 1.97. The molecule has 0 radical (unpaired) electrons. The van der Waals surface area contributed by atoms with Gasteiger partial charge in [-0.2, -0.15) is 0 Å². The Morgan fingerprint density at radius 3 is 2.80 bits per heavy atom. The van der Waals surface area contributed by atoms with Crippen LogP contribution in [-0.2, 0) is 4.79 Å². The summed E-state index contributed by atoms with van der Waals surface area (Å²) in [5, 5.41) is 8.36. The van der Waals surface area contributed by atoms with Crippen LogP contribution in [0.2, 0.25) is 0 Å². The normalized spacial score (nSPS) is 35.4. The van der Waals surface area contributed by atoms with E-state index in [4.69, 9.17) is 0 Å². The molecule has 3 amide bonds. The van der Waals surface area contributed by atoms with Crippen LogP contribution in [0.5, 0.6) is 0 Å². The van der Waals surface area contributed by atoms with Crippen molar-refractivity contribution in [1.29, 1.82) is 0 Å². The highest BCUT2D eigenvalue weighted by Gasteiger charge is 2.41. The summed E-state index contributed by atoms with van der Waals surface area (Å²) in [7, 11) is 0. The number of carbonyl (C=O) groups excluding carboxylic acids is 2. The lowest BCUT2D eigenvalue weighted by Gasteiger charge is -2.23. The second-order valence-corrected chi connectivity index (χ2v) is 4.20. The Kier molecular flexibility index (Phi) is 2.90. The van der Waals surface area contributed by atoms with Crippen molar-refractivity contribution in [2.45, 2.75) is 38.3 Å². The maximum absolute atomic E-state index is 11.5. The highest BCUT2D eigenvalue weighted by Crippen LogP contribution is 2.29. The molecule has 0 aromatic carbocycles. The third-order valence-electron chi connectivity index (χ3n) is 3.27. The lowest BCUT2D eigenvalue weighted by Crippen LogP contribution is -2.45. The molecule has 3 atom stereocenters. The summed E-state index contributed by atoms with van der Waals surface area (Å²) >= 11 is 0. The van der Waals surface area contributed by atoms with Gasteiger partial charge in [0.15, 0.2) is 0 Å². The van der Waals surface area contributed by atoms with Gasteiger partial charge >= 0.3 is 6.03 Å². The van der Waals surface area contributed by atoms with Crippen LogP contribution >= 0.6 is 0 Å². The second-order valence-electron chi connectivity index (χ2n) is 4.20. The minimum absolute atomic E-state index is 0.171. The minimum atomic E-state index is -0.354. The van der Waals surface area contributed by atoms with Crippen molar-refractivity contribution < 1.29 is 9.59 Å². The number of nitrogens with one attached hydrogen (secondary N) is 3. The first-order chi connectivity index (χ1) is 7.22. The van der Waals surface area contributed by atoms with E-state index >= 15 is 0 Å². The quantitative estimate of drug-likeness (QED) is 0.574. The molecule has 1 aliphatic carbocycles. The van der Waals surface area contributed by atoms with Gasteiger partial charge in [-0.15, -0.1) is 0 Å². The summed E-state index contributed by atoms with van der Waals surface area (Å²) in [5.74, 6) is 0.0752. The number of amides is 3. The molecule has 3 N–H and O–H groups in total. The molecular formula is C10H17N3O2. The Morgan fingerprint density at radius 1 is 1.40 bits per heavy atom. The molecule has 1 saturated heterocycles. The van der Waals surface area contributed by atoms with Crippen molar-refractivity contribution in [2.75, 3.05) is 6.54 Å². The minimum Gasteiger partial charge on any atom is -0.326 e. The fourth-order valence-electron chi connectivity index (χ4n) is 2.64. The predicted molar refractivity (Wildman–Crippen MR) is 55.3 cm³/mol. The highest BCUT2D eigenvalue weighted by molar-refractivity contribution is 6.04. The number of carbonyl (C=O) groups is 2. The van der Waals surface area contributed by atoms with Gasteiger partial charge in [0.1, 0.15) is 6.04 Å². The van der Waals surface area contributed by atoms with Crippen molar-refractivity contribution in [3.05, 3.63) is 0 Å². The van der Waals surface area contributed by atoms with Gasteiger partial charge in [-0.3, -0.25) is 10.1 Å². The molecule has 15 heavy (non-hydrogen) atoms. The van der Waals surface area contributed by atoms with E-state index in [0.29, 0.717) is 6.04 Å². The van der Waals surface area contributed by atoms with Crippen LogP contribution in [0.4, 0.5) is 4.79 Å². The van der Waals surface area contributed by atoms with E-state index in [0.717, 1.165) is 25.8 Å². The average molecular weight is 211 g/mol. The monoisotopic (exact) mass is 211 g/mol. The van der Waals surface area contributed by atoms with Gasteiger partial charge < -0.3 is 10.6 Å². The SMILES string of the molecule is CCNC1CCCC1C1NC(=O)NC1=O. The van der Waals surface area contributed by atoms with E-state index in [2.05, 4.69) is 22.9 Å². The Labute approximate surface area is 89.0 Å². The molecule has 0 spiro atoms. The lowest BCUT2D eigenvalue weighted by atomic mass is 9.94. The van der Waals surface area contributed by atoms with E-state index in [1.165, 1.54) is 0 Å². The lowest BCUT2D eigenvalue weighted by molar-refractivity contribution is -0.121. The van der Waals surface area contributed by atoms with Gasteiger partial charge in [-0.25, -0.2) is 4.79 Å². The Balaban J connectivity index is 2.03. The van der Waals surface area contributed by atoms with Gasteiger partial charge in [0.05, 0.1) is 0 Å². The number of imide groups is 1. The molecular weight excluding hydrogens is 194 g/mol. The Morgan fingerprint density at radius 2 is 2.20 bits per heavy atom. The molecule has 84 valence electrons. The maximum Gasteiger partial charge on any atom is 0.322 e. The molecule has 1 saturated carbocycles. The predicted octanol–water partition coefficient (Wildman–Crippen LogP) is -0.0274. The molecule has 2 aliphatic rings. The summed E-state index contributed by atoms with van der Waals surface area (Å²) in [4.78, 5) is 22.5. The van der Waals surface area contributed by atoms with E-state index < -0.39 is 0 Å². The molecule has 3 unspecified atom stereocenters. The zero-order valence-corrected chi connectivity index (χ0v) is 8.88. The van der Waals surface area contributed by atoms with Crippen molar-refractivity contribution in [3.8, 4) is 0 Å². The van der Waals surface area contributed by atoms with E-state index in [-0.39, 0.29) is 23.9 Å². The fraction of sp³-hybridized carbons (Fsp3) is 0.800. The number of hydrogen-bond acceptors (Lipinski definition) is 3. The smallest absolute Gasteiger partial charge is 0.322 e. The summed E-state index contributed by atoms with van der Waals surface area (Å²) in [6.07, 6.45) is 3.23. The standard InChI is InChI=1S/C10H17N3O2/c1-2-11-7-5-3-4-6(7)8-9(14)13-10(15)12-8/h6-8,11H,2-5H2,1H3,(H2,12,13,14,15). The van der Waals surface area contributed by atoms with E-state index in [9.17, 15) is 9.59 Å². The number of urea groups is 1. The van der Waals surface area contributed by atoms with Crippen LogP contribution in [0.15, 0.2) is 0 Å². The largest absolute Gasteiger partial charge is 0.326 e. The molecule has 0 aromatic heterocycles. The second kappa shape index (κ2) is 4.18. The van der Waals surface area contributed by atoms with Gasteiger partial charge in [0, 0.05) is 12.0 Å². The first-order valence-corrected chi connectivity index (χ1v) is 5.57. The Hall–Kier alpha value is -1.10. The van der Waals surface area contributed by atoms with Crippen LogP contribution in [0.1, 0.15) is 26.2 Å². The fourth-order valence-corrected chi connectivity index (χ4v) is 2.64. The molecule has 5 heteroatoms. The van der Waals surface area contributed by atoms with Crippen LogP contribution in [0.25, 0.3) is 0 Å². The summed E-state index contributed by atoms with van der Waals surface area (Å²) < 4.78 is 0. The summed E-state index contributed by atoms with van der Waals surface area (Å²) in [6.45, 7) is 2.96. The van der Waals surface area contributed by atoms with Gasteiger partial charge in [0.2, 0.25) is 0 Å². The molecule has 5 nitrogen and oxygen atoms in total. The molecule has 1 aliphatic heterocycles. The molecule has 1 heterocycles. The van der Waals surface area contributed by atoms with Crippen LogP contribution in [-0.4, -0.2) is 30.6 Å². The molecule has 2 rings (SSSR count). The van der Waals surface area contributed by atoms with Gasteiger partial charge in [-0.05, 0) is 19.4 Å². The van der Waals surface area contributed by atoms with Crippen molar-refractivity contribution in [2.24, 2.45) is 5.92 Å². The van der Waals surface area contributed by atoms with Crippen molar-refractivity contribution >= 4 is 11.9 Å². The Bertz CT molecular complexity index is 280. The van der Waals surface area contributed by atoms with E-state index in [1.807, 2.05) is 0 Å². The van der Waals surface area contributed by atoms with E-state index in [1.54, 1.807) is 0 Å². The van der Waals surface area contributed by atoms with Crippen LogP contribution < -0.4 is 16.0 Å². The highest BCUT2D eigenvalue weighted by atomic mass is 16.2. The zero-order valence-electron chi connectivity index (χ0n) is 8.88. The molecule has 2 fully saturated rings. The third-order valence-corrected chi connectivity index (χ3v) is 3.27. The van der Waals surface area contributed by atoms with Crippen LogP contribution in [0, 0.1) is 5.92 Å². The summed E-state index contributed by atoms with van der Waals surface area (Å²) in [5.41, 5.74) is 0. The number of rotatable bonds is 3. The molecule has 0 bridgehead atoms. The summed E-state index contributed by atoms with van der Waals surface area (Å²) in [6, 6.07) is -0.319. The zero-order chi connectivity index (χ0) is 10.8. The van der Waals surface area contributed by atoms with Crippen molar-refractivity contribution in [1.82, 2.24) is 16.0 Å². The van der Waals surface area contributed by atoms with Gasteiger partial charge in [0.25, 0.3) is 5.91 Å². The first-order valence-electron chi connectivity index (χ1n) is 5.57. The average Bonchev–Trinajstić information content (AvgIpc) is 2.73. The molecule has 0 aromatic rings. The van der Waals surface area contributed by atoms with Crippen LogP contribution in [0.3, 0.4) is 0 Å². The number of hydrogen-bond donors (Lipinski definition) is 3. The maximum atomic E-state index is 11.5. The topological polar surface area (TPSA) is 70.2 Å².